The van der Waals surface area contributed by atoms with Gasteiger partial charge in [-0.25, -0.2) is 0 Å². The van der Waals surface area contributed by atoms with E-state index >= 15 is 0 Å². The molecule has 0 spiro atoms. The van der Waals surface area contributed by atoms with Crippen LogP contribution in [0.2, 0.25) is 0 Å². The molecule has 1 N–H and O–H groups in total. The third kappa shape index (κ3) is 4.85. The molecule has 1 aliphatic rings. The molecule has 1 aromatic carbocycles. The van der Waals surface area contributed by atoms with Crippen LogP contribution in [0.5, 0.6) is 11.5 Å². The first-order chi connectivity index (χ1) is 9.33. The third-order valence-corrected chi connectivity index (χ3v) is 3.49. The Morgan fingerprint density at radius 1 is 1.15 bits per heavy atom. The number of hydrogen-bond donors (Lipinski definition) is 1. The van der Waals surface area contributed by atoms with Gasteiger partial charge in [-0.2, -0.15) is 0 Å². The van der Waals surface area contributed by atoms with Crippen molar-refractivity contribution in [2.45, 2.75) is 26.8 Å². The highest BCUT2D eigenvalue weighted by Crippen LogP contribution is 2.32. The van der Waals surface area contributed by atoms with Crippen molar-refractivity contribution in [1.29, 1.82) is 0 Å². The molecule has 0 saturated carbocycles. The average Bonchev–Trinajstić information content (AvgIpc) is 2.90. The minimum atomic E-state index is 0. The van der Waals surface area contributed by atoms with Crippen LogP contribution in [0.1, 0.15) is 25.8 Å². The van der Waals surface area contributed by atoms with E-state index in [0.717, 1.165) is 37.7 Å². The number of ether oxygens (including phenoxy) is 2. The number of benzene rings is 1. The molecular weight excluding hydrogens is 276 g/mol. The lowest BCUT2D eigenvalue weighted by atomic mass is 10.2. The summed E-state index contributed by atoms with van der Waals surface area (Å²) >= 11 is 0. The first kappa shape index (κ1) is 17.1. The van der Waals surface area contributed by atoms with Crippen molar-refractivity contribution in [3.05, 3.63) is 23.8 Å². The van der Waals surface area contributed by atoms with Crippen LogP contribution in [0, 0.1) is 0 Å². The lowest BCUT2D eigenvalue weighted by Crippen LogP contribution is -2.27. The summed E-state index contributed by atoms with van der Waals surface area (Å²) in [6, 6.07) is 6.12. The first-order valence-electron chi connectivity index (χ1n) is 7.15. The zero-order valence-electron chi connectivity index (χ0n) is 12.4. The highest BCUT2D eigenvalue weighted by Gasteiger charge is 2.12. The molecule has 1 aromatic rings. The van der Waals surface area contributed by atoms with Gasteiger partial charge in [0.25, 0.3) is 0 Å². The Morgan fingerprint density at radius 3 is 2.65 bits per heavy atom. The second kappa shape index (κ2) is 9.06. The van der Waals surface area contributed by atoms with E-state index in [-0.39, 0.29) is 12.4 Å². The number of fused-ring (bicyclic) bond motifs is 1. The van der Waals surface area contributed by atoms with Gasteiger partial charge in [-0.1, -0.05) is 19.9 Å². The third-order valence-electron chi connectivity index (χ3n) is 3.49. The van der Waals surface area contributed by atoms with Crippen LogP contribution in [-0.4, -0.2) is 37.9 Å². The summed E-state index contributed by atoms with van der Waals surface area (Å²) in [5.74, 6) is 1.72. The molecule has 0 saturated heterocycles. The summed E-state index contributed by atoms with van der Waals surface area (Å²) in [6.07, 6.45) is 1.19. The monoisotopic (exact) mass is 300 g/mol. The molecular formula is C15H25ClN2O2. The van der Waals surface area contributed by atoms with Crippen LogP contribution < -0.4 is 14.8 Å². The van der Waals surface area contributed by atoms with E-state index in [1.54, 1.807) is 0 Å². The van der Waals surface area contributed by atoms with Gasteiger partial charge in [0.15, 0.2) is 11.5 Å². The average molecular weight is 301 g/mol. The Labute approximate surface area is 127 Å². The maximum absolute atomic E-state index is 5.37. The zero-order chi connectivity index (χ0) is 13.5. The van der Waals surface area contributed by atoms with E-state index in [1.165, 1.54) is 18.5 Å². The summed E-state index contributed by atoms with van der Waals surface area (Å²) in [5.41, 5.74) is 1.24. The molecule has 0 atom stereocenters. The van der Waals surface area contributed by atoms with Crippen molar-refractivity contribution in [2.24, 2.45) is 0 Å². The lowest BCUT2D eigenvalue weighted by Gasteiger charge is -2.17. The van der Waals surface area contributed by atoms with E-state index in [2.05, 4.69) is 36.2 Å². The molecule has 1 heterocycles. The molecule has 0 aliphatic carbocycles. The Hall–Kier alpha value is -0.970. The molecule has 0 unspecified atom stereocenters. The Balaban J connectivity index is 0.00000200. The summed E-state index contributed by atoms with van der Waals surface area (Å²) in [4.78, 5) is 2.45. The van der Waals surface area contributed by atoms with E-state index < -0.39 is 0 Å². The summed E-state index contributed by atoms with van der Waals surface area (Å²) < 4.78 is 10.7. The molecule has 4 nitrogen and oxygen atoms in total. The SMILES string of the molecule is CCN(CC)CCCNCc1ccc2c(c1)OCO2.Cl. The summed E-state index contributed by atoms with van der Waals surface area (Å²) in [6.45, 7) is 10.1. The molecule has 20 heavy (non-hydrogen) atoms. The van der Waals surface area contributed by atoms with Crippen LogP contribution in [0.3, 0.4) is 0 Å². The molecule has 0 radical (unpaired) electrons. The number of halogens is 1. The Bertz CT molecular complexity index is 397. The zero-order valence-corrected chi connectivity index (χ0v) is 13.2. The first-order valence-corrected chi connectivity index (χ1v) is 7.15. The molecule has 0 amide bonds. The van der Waals surface area contributed by atoms with Gasteiger partial charge in [-0.15, -0.1) is 12.4 Å². The van der Waals surface area contributed by atoms with Gasteiger partial charge in [0.1, 0.15) is 0 Å². The van der Waals surface area contributed by atoms with E-state index in [4.69, 9.17) is 9.47 Å². The van der Waals surface area contributed by atoms with Crippen molar-refractivity contribution in [2.75, 3.05) is 33.0 Å². The van der Waals surface area contributed by atoms with Gasteiger partial charge < -0.3 is 19.7 Å². The molecule has 5 heteroatoms. The highest BCUT2D eigenvalue weighted by atomic mass is 35.5. The molecule has 114 valence electrons. The fraction of sp³-hybridized carbons (Fsp3) is 0.600. The van der Waals surface area contributed by atoms with Crippen molar-refractivity contribution in [3.8, 4) is 11.5 Å². The van der Waals surface area contributed by atoms with Gasteiger partial charge in [0, 0.05) is 6.54 Å². The van der Waals surface area contributed by atoms with Crippen molar-refractivity contribution in [3.63, 3.8) is 0 Å². The minimum Gasteiger partial charge on any atom is -0.454 e. The Kier molecular flexibility index (Phi) is 7.73. The van der Waals surface area contributed by atoms with Crippen LogP contribution in [0.15, 0.2) is 18.2 Å². The fourth-order valence-electron chi connectivity index (χ4n) is 2.25. The van der Waals surface area contributed by atoms with Gasteiger partial charge >= 0.3 is 0 Å². The van der Waals surface area contributed by atoms with Crippen LogP contribution in [-0.2, 0) is 6.54 Å². The second-order valence-corrected chi connectivity index (χ2v) is 4.74. The van der Waals surface area contributed by atoms with E-state index in [0.29, 0.717) is 6.79 Å². The maximum atomic E-state index is 5.37. The predicted octanol–water partition coefficient (Wildman–Crippen LogP) is 2.66. The van der Waals surface area contributed by atoms with E-state index in [9.17, 15) is 0 Å². The second-order valence-electron chi connectivity index (χ2n) is 4.74. The van der Waals surface area contributed by atoms with Crippen LogP contribution in [0.4, 0.5) is 0 Å². The smallest absolute Gasteiger partial charge is 0.231 e. The van der Waals surface area contributed by atoms with Crippen LogP contribution in [0.25, 0.3) is 0 Å². The standard InChI is InChI=1S/C15H24N2O2.ClH/c1-3-17(4-2)9-5-8-16-11-13-6-7-14-15(10-13)19-12-18-14;/h6-7,10,16H,3-5,8-9,11-12H2,1-2H3;1H. The normalized spacial score (nSPS) is 12.6. The van der Waals surface area contributed by atoms with Gasteiger partial charge in [0.2, 0.25) is 6.79 Å². The van der Waals surface area contributed by atoms with E-state index in [1.807, 2.05) is 6.07 Å². The highest BCUT2D eigenvalue weighted by molar-refractivity contribution is 5.85. The number of nitrogens with one attached hydrogen (secondary N) is 1. The lowest BCUT2D eigenvalue weighted by molar-refractivity contribution is 0.174. The molecule has 0 fully saturated rings. The maximum Gasteiger partial charge on any atom is 0.231 e. The quantitative estimate of drug-likeness (QED) is 0.749. The number of hydrogen-bond acceptors (Lipinski definition) is 4. The minimum absolute atomic E-state index is 0. The molecule has 2 rings (SSSR count). The Morgan fingerprint density at radius 2 is 1.90 bits per heavy atom. The van der Waals surface area contributed by atoms with Gasteiger partial charge in [-0.05, 0) is 50.3 Å². The molecule has 1 aliphatic heterocycles. The molecule has 0 aromatic heterocycles. The van der Waals surface area contributed by atoms with Crippen molar-refractivity contribution in [1.82, 2.24) is 10.2 Å². The van der Waals surface area contributed by atoms with Gasteiger partial charge in [-0.3, -0.25) is 0 Å². The summed E-state index contributed by atoms with van der Waals surface area (Å²) in [7, 11) is 0. The van der Waals surface area contributed by atoms with Gasteiger partial charge in [0.05, 0.1) is 0 Å². The summed E-state index contributed by atoms with van der Waals surface area (Å²) in [5, 5.41) is 3.47. The van der Waals surface area contributed by atoms with Crippen molar-refractivity contribution < 1.29 is 9.47 Å². The van der Waals surface area contributed by atoms with Crippen LogP contribution >= 0.6 is 12.4 Å². The fourth-order valence-corrected chi connectivity index (χ4v) is 2.25. The van der Waals surface area contributed by atoms with Crippen molar-refractivity contribution >= 4 is 12.4 Å². The molecule has 0 bridgehead atoms. The largest absolute Gasteiger partial charge is 0.454 e. The topological polar surface area (TPSA) is 33.7 Å². The number of nitrogens with zero attached hydrogens (tertiary/aromatic N) is 1. The number of rotatable bonds is 8. The predicted molar refractivity (Wildman–Crippen MR) is 83.9 cm³/mol.